The number of carbonyl (C=O) groups is 2. The van der Waals surface area contributed by atoms with E-state index >= 15 is 0 Å². The molecule has 0 aromatic rings. The van der Waals surface area contributed by atoms with Crippen LogP contribution in [0.3, 0.4) is 0 Å². The third-order valence-electron chi connectivity index (χ3n) is 4.71. The summed E-state index contributed by atoms with van der Waals surface area (Å²) in [5, 5.41) is 2.97. The summed E-state index contributed by atoms with van der Waals surface area (Å²) in [6, 6.07) is 0.00774. The molecule has 2 heterocycles. The minimum absolute atomic E-state index is 0.00774. The van der Waals surface area contributed by atoms with Gasteiger partial charge in [-0.1, -0.05) is 13.8 Å². The molecule has 2 rings (SSSR count). The second kappa shape index (κ2) is 8.19. The number of hydrogen-bond acceptors (Lipinski definition) is 3. The standard InChI is InChI=1S/C18H33N3O3/c1-14(2)11-19-17(23)20-7-5-6-15(12-20)10-16(22)21-8-9-24-18(3,4)13-21/h14-15H,5-13H2,1-4H3,(H,19,23)/t15-/m1/s1. The largest absolute Gasteiger partial charge is 0.372 e. The molecule has 0 aliphatic carbocycles. The summed E-state index contributed by atoms with van der Waals surface area (Å²) in [6.45, 7) is 12.3. The molecule has 0 bridgehead atoms. The maximum Gasteiger partial charge on any atom is 0.317 e. The number of piperidine rings is 1. The summed E-state index contributed by atoms with van der Waals surface area (Å²) in [7, 11) is 0. The van der Waals surface area contributed by atoms with Gasteiger partial charge in [-0.05, 0) is 38.5 Å². The predicted octanol–water partition coefficient (Wildman–Crippen LogP) is 2.09. The molecular formula is C18H33N3O3. The number of carbonyl (C=O) groups excluding carboxylic acids is 2. The van der Waals surface area contributed by atoms with Gasteiger partial charge in [0.2, 0.25) is 5.91 Å². The van der Waals surface area contributed by atoms with Crippen molar-refractivity contribution >= 4 is 11.9 Å². The summed E-state index contributed by atoms with van der Waals surface area (Å²) in [4.78, 5) is 28.6. The molecule has 2 aliphatic heterocycles. The van der Waals surface area contributed by atoms with Crippen molar-refractivity contribution < 1.29 is 14.3 Å². The van der Waals surface area contributed by atoms with Gasteiger partial charge in [-0.15, -0.1) is 0 Å². The molecule has 3 amide bonds. The van der Waals surface area contributed by atoms with Crippen LogP contribution in [0, 0.1) is 11.8 Å². The van der Waals surface area contributed by atoms with Crippen LogP contribution in [0.1, 0.15) is 47.0 Å². The highest BCUT2D eigenvalue weighted by Gasteiger charge is 2.32. The molecule has 0 aromatic carbocycles. The van der Waals surface area contributed by atoms with Gasteiger partial charge in [-0.2, -0.15) is 0 Å². The molecule has 2 fully saturated rings. The van der Waals surface area contributed by atoms with E-state index < -0.39 is 0 Å². The minimum atomic E-state index is -0.261. The zero-order valence-corrected chi connectivity index (χ0v) is 15.6. The van der Waals surface area contributed by atoms with Gasteiger partial charge in [0, 0.05) is 39.1 Å². The fourth-order valence-electron chi connectivity index (χ4n) is 3.42. The monoisotopic (exact) mass is 339 g/mol. The lowest BCUT2D eigenvalue weighted by Crippen LogP contribution is -2.51. The molecule has 24 heavy (non-hydrogen) atoms. The Morgan fingerprint density at radius 2 is 2.00 bits per heavy atom. The molecule has 6 heteroatoms. The van der Waals surface area contributed by atoms with Gasteiger partial charge in [0.1, 0.15) is 0 Å². The Labute approximate surface area is 145 Å². The van der Waals surface area contributed by atoms with Gasteiger partial charge in [0.25, 0.3) is 0 Å². The second-order valence-electron chi connectivity index (χ2n) is 8.16. The van der Waals surface area contributed by atoms with E-state index in [-0.39, 0.29) is 23.5 Å². The van der Waals surface area contributed by atoms with Crippen LogP contribution in [0.15, 0.2) is 0 Å². The van der Waals surface area contributed by atoms with Gasteiger partial charge in [0.05, 0.1) is 12.2 Å². The van der Waals surface area contributed by atoms with E-state index in [1.165, 1.54) is 0 Å². The lowest BCUT2D eigenvalue weighted by atomic mass is 9.94. The summed E-state index contributed by atoms with van der Waals surface area (Å²) in [6.07, 6.45) is 2.53. The first-order valence-electron chi connectivity index (χ1n) is 9.21. The summed E-state index contributed by atoms with van der Waals surface area (Å²) < 4.78 is 5.68. The number of ether oxygens (including phenoxy) is 1. The Morgan fingerprint density at radius 3 is 2.67 bits per heavy atom. The Hall–Kier alpha value is -1.30. The second-order valence-corrected chi connectivity index (χ2v) is 8.16. The van der Waals surface area contributed by atoms with Gasteiger partial charge < -0.3 is 19.9 Å². The topological polar surface area (TPSA) is 61.9 Å². The van der Waals surface area contributed by atoms with E-state index in [4.69, 9.17) is 4.74 Å². The SMILES string of the molecule is CC(C)CNC(=O)N1CCC[C@H](CC(=O)N2CCOC(C)(C)C2)C1. The quantitative estimate of drug-likeness (QED) is 0.853. The van der Waals surface area contributed by atoms with Crippen molar-refractivity contribution in [3.05, 3.63) is 0 Å². The zero-order chi connectivity index (χ0) is 17.7. The fourth-order valence-corrected chi connectivity index (χ4v) is 3.42. The first-order valence-corrected chi connectivity index (χ1v) is 9.21. The van der Waals surface area contributed by atoms with Crippen LogP contribution in [0.5, 0.6) is 0 Å². The molecule has 0 saturated carbocycles. The molecular weight excluding hydrogens is 306 g/mol. The number of nitrogens with one attached hydrogen (secondary N) is 1. The lowest BCUT2D eigenvalue weighted by Gasteiger charge is -2.39. The number of urea groups is 1. The number of amides is 3. The van der Waals surface area contributed by atoms with E-state index in [1.807, 2.05) is 23.6 Å². The maximum atomic E-state index is 12.6. The molecule has 0 aromatic heterocycles. The van der Waals surface area contributed by atoms with Crippen LogP contribution in [0.25, 0.3) is 0 Å². The summed E-state index contributed by atoms with van der Waals surface area (Å²) >= 11 is 0. The van der Waals surface area contributed by atoms with E-state index in [9.17, 15) is 9.59 Å². The van der Waals surface area contributed by atoms with Gasteiger partial charge >= 0.3 is 6.03 Å². The molecule has 0 spiro atoms. The Bertz CT molecular complexity index is 451. The number of morpholine rings is 1. The number of hydrogen-bond donors (Lipinski definition) is 1. The molecule has 0 unspecified atom stereocenters. The van der Waals surface area contributed by atoms with E-state index in [0.29, 0.717) is 45.1 Å². The van der Waals surface area contributed by atoms with Crippen LogP contribution in [-0.2, 0) is 9.53 Å². The van der Waals surface area contributed by atoms with Crippen molar-refractivity contribution in [2.45, 2.75) is 52.6 Å². The molecule has 1 atom stereocenters. The van der Waals surface area contributed by atoms with Crippen molar-refractivity contribution in [1.29, 1.82) is 0 Å². The van der Waals surface area contributed by atoms with Crippen LogP contribution in [0.4, 0.5) is 4.79 Å². The Kier molecular flexibility index (Phi) is 6.49. The average Bonchev–Trinajstić information content (AvgIpc) is 2.51. The number of rotatable bonds is 4. The van der Waals surface area contributed by atoms with Gasteiger partial charge in [0.15, 0.2) is 0 Å². The van der Waals surface area contributed by atoms with Crippen LogP contribution >= 0.6 is 0 Å². The predicted molar refractivity (Wildman–Crippen MR) is 93.8 cm³/mol. The third kappa shape index (κ3) is 5.65. The highest BCUT2D eigenvalue weighted by Crippen LogP contribution is 2.23. The zero-order valence-electron chi connectivity index (χ0n) is 15.6. The van der Waals surface area contributed by atoms with Gasteiger partial charge in [-0.3, -0.25) is 4.79 Å². The van der Waals surface area contributed by atoms with Crippen LogP contribution in [0.2, 0.25) is 0 Å². The molecule has 0 radical (unpaired) electrons. The fraction of sp³-hybridized carbons (Fsp3) is 0.889. The van der Waals surface area contributed by atoms with Crippen molar-refractivity contribution in [3.63, 3.8) is 0 Å². The normalized spacial score (nSPS) is 24.1. The van der Waals surface area contributed by atoms with Crippen LogP contribution < -0.4 is 5.32 Å². The van der Waals surface area contributed by atoms with Gasteiger partial charge in [-0.25, -0.2) is 4.79 Å². The molecule has 2 aliphatic rings. The van der Waals surface area contributed by atoms with E-state index in [2.05, 4.69) is 19.2 Å². The van der Waals surface area contributed by atoms with Crippen LogP contribution in [-0.4, -0.2) is 66.7 Å². The first kappa shape index (κ1) is 19.0. The summed E-state index contributed by atoms with van der Waals surface area (Å²) in [5.74, 6) is 0.906. The molecule has 1 N–H and O–H groups in total. The Balaban J connectivity index is 1.81. The van der Waals surface area contributed by atoms with Crippen molar-refractivity contribution in [2.75, 3.05) is 39.3 Å². The highest BCUT2D eigenvalue weighted by atomic mass is 16.5. The van der Waals surface area contributed by atoms with E-state index in [0.717, 1.165) is 19.4 Å². The minimum Gasteiger partial charge on any atom is -0.372 e. The van der Waals surface area contributed by atoms with Crippen molar-refractivity contribution in [1.82, 2.24) is 15.1 Å². The smallest absolute Gasteiger partial charge is 0.317 e. The molecule has 6 nitrogen and oxygen atoms in total. The highest BCUT2D eigenvalue weighted by molar-refractivity contribution is 5.77. The number of likely N-dealkylation sites (tertiary alicyclic amines) is 1. The van der Waals surface area contributed by atoms with Crippen molar-refractivity contribution in [2.24, 2.45) is 11.8 Å². The number of nitrogens with zero attached hydrogens (tertiary/aromatic N) is 2. The maximum absolute atomic E-state index is 12.6. The summed E-state index contributed by atoms with van der Waals surface area (Å²) in [5.41, 5.74) is -0.261. The first-order chi connectivity index (χ1) is 11.3. The lowest BCUT2D eigenvalue weighted by molar-refractivity contribution is -0.147. The third-order valence-corrected chi connectivity index (χ3v) is 4.71. The van der Waals surface area contributed by atoms with E-state index in [1.54, 1.807) is 0 Å². The van der Waals surface area contributed by atoms with Crippen molar-refractivity contribution in [3.8, 4) is 0 Å². The molecule has 138 valence electrons. The Morgan fingerprint density at radius 1 is 1.25 bits per heavy atom. The molecule has 2 saturated heterocycles. The average molecular weight is 339 g/mol.